The standard InChI is InChI=1S/C9H9N3/c1-4-5-2-6-7(3-10)11-12-9(6)8(4)5/h4-5,8H,2H2,1H3,(H,11,12)/t4-,5-,8+/m0/s1. The van der Waals surface area contributed by atoms with Gasteiger partial charge in [0.2, 0.25) is 0 Å². The lowest BCUT2D eigenvalue weighted by Crippen LogP contribution is -1.89. The van der Waals surface area contributed by atoms with Crippen molar-refractivity contribution < 1.29 is 0 Å². The summed E-state index contributed by atoms with van der Waals surface area (Å²) in [6, 6.07) is 2.15. The molecule has 1 aromatic rings. The number of H-pyrrole nitrogens is 1. The molecule has 0 aliphatic heterocycles. The smallest absolute Gasteiger partial charge is 0.138 e. The van der Waals surface area contributed by atoms with E-state index >= 15 is 0 Å². The van der Waals surface area contributed by atoms with Gasteiger partial charge in [0, 0.05) is 11.5 Å². The van der Waals surface area contributed by atoms with Gasteiger partial charge < -0.3 is 0 Å². The van der Waals surface area contributed by atoms with Gasteiger partial charge in [-0.2, -0.15) is 10.4 Å². The van der Waals surface area contributed by atoms with Crippen molar-refractivity contribution in [3.05, 3.63) is 17.0 Å². The molecule has 0 saturated heterocycles. The third-order valence-corrected chi connectivity index (χ3v) is 3.33. The fourth-order valence-electron chi connectivity index (χ4n) is 2.50. The van der Waals surface area contributed by atoms with Gasteiger partial charge in [0.05, 0.1) is 5.69 Å². The Labute approximate surface area is 70.4 Å². The molecule has 1 N–H and O–H groups in total. The lowest BCUT2D eigenvalue weighted by atomic mass is 10.1. The van der Waals surface area contributed by atoms with Crippen LogP contribution in [-0.4, -0.2) is 10.2 Å². The fourth-order valence-corrected chi connectivity index (χ4v) is 2.50. The number of hydrogen-bond acceptors (Lipinski definition) is 2. The van der Waals surface area contributed by atoms with Crippen molar-refractivity contribution in [3.8, 4) is 6.07 Å². The zero-order valence-electron chi connectivity index (χ0n) is 6.83. The van der Waals surface area contributed by atoms with Gasteiger partial charge >= 0.3 is 0 Å². The van der Waals surface area contributed by atoms with Crippen LogP contribution in [0, 0.1) is 23.2 Å². The average Bonchev–Trinajstić information content (AvgIpc) is 2.52. The predicted octanol–water partition coefficient (Wildman–Crippen LogP) is 1.19. The zero-order valence-corrected chi connectivity index (χ0v) is 6.83. The molecule has 0 amide bonds. The highest BCUT2D eigenvalue weighted by Crippen LogP contribution is 2.60. The number of nitrogens with zero attached hydrogens (tertiary/aromatic N) is 2. The quantitative estimate of drug-likeness (QED) is 0.618. The van der Waals surface area contributed by atoms with Crippen LogP contribution in [-0.2, 0) is 6.42 Å². The molecule has 3 nitrogen and oxygen atoms in total. The first-order valence-corrected chi connectivity index (χ1v) is 4.30. The third-order valence-electron chi connectivity index (χ3n) is 3.33. The Morgan fingerprint density at radius 2 is 2.50 bits per heavy atom. The maximum Gasteiger partial charge on any atom is 0.138 e. The monoisotopic (exact) mass is 159 g/mol. The fraction of sp³-hybridized carbons (Fsp3) is 0.556. The van der Waals surface area contributed by atoms with Crippen molar-refractivity contribution in [2.24, 2.45) is 11.8 Å². The average molecular weight is 159 g/mol. The summed E-state index contributed by atoms with van der Waals surface area (Å²) in [5.74, 6) is 2.26. The Balaban J connectivity index is 2.13. The van der Waals surface area contributed by atoms with Crippen LogP contribution in [0.4, 0.5) is 0 Å². The SMILES string of the molecule is C[C@H]1[C@@H]2Cc3c(n[nH]c3C#N)[C@H]12. The summed E-state index contributed by atoms with van der Waals surface area (Å²) in [5.41, 5.74) is 3.04. The first-order chi connectivity index (χ1) is 5.83. The zero-order chi connectivity index (χ0) is 8.29. The molecule has 3 atom stereocenters. The van der Waals surface area contributed by atoms with Crippen LogP contribution in [0.2, 0.25) is 0 Å². The van der Waals surface area contributed by atoms with E-state index in [-0.39, 0.29) is 0 Å². The minimum Gasteiger partial charge on any atom is -0.267 e. The first kappa shape index (κ1) is 6.24. The first-order valence-electron chi connectivity index (χ1n) is 4.30. The minimum absolute atomic E-state index is 0.665. The van der Waals surface area contributed by atoms with E-state index < -0.39 is 0 Å². The van der Waals surface area contributed by atoms with E-state index in [4.69, 9.17) is 5.26 Å². The number of nitriles is 1. The van der Waals surface area contributed by atoms with Crippen molar-refractivity contribution in [2.45, 2.75) is 19.3 Å². The van der Waals surface area contributed by atoms with E-state index in [2.05, 4.69) is 23.2 Å². The van der Waals surface area contributed by atoms with Gasteiger partial charge in [-0.05, 0) is 18.3 Å². The Morgan fingerprint density at radius 1 is 1.67 bits per heavy atom. The summed E-state index contributed by atoms with van der Waals surface area (Å²) < 4.78 is 0. The Kier molecular flexibility index (Phi) is 0.891. The third kappa shape index (κ3) is 0.513. The highest BCUT2D eigenvalue weighted by molar-refractivity contribution is 5.45. The van der Waals surface area contributed by atoms with Gasteiger partial charge in [-0.15, -0.1) is 0 Å². The molecule has 2 aliphatic carbocycles. The molecule has 1 aromatic heterocycles. The highest BCUT2D eigenvalue weighted by atomic mass is 15.1. The maximum absolute atomic E-state index is 8.74. The summed E-state index contributed by atoms with van der Waals surface area (Å²) in [4.78, 5) is 0. The van der Waals surface area contributed by atoms with Gasteiger partial charge in [-0.1, -0.05) is 6.92 Å². The van der Waals surface area contributed by atoms with E-state index in [1.165, 1.54) is 11.3 Å². The van der Waals surface area contributed by atoms with Gasteiger partial charge in [0.15, 0.2) is 0 Å². The molecule has 12 heavy (non-hydrogen) atoms. The van der Waals surface area contributed by atoms with Crippen molar-refractivity contribution in [1.29, 1.82) is 5.26 Å². The van der Waals surface area contributed by atoms with Crippen molar-refractivity contribution in [3.63, 3.8) is 0 Å². The summed E-state index contributed by atoms with van der Waals surface area (Å²) >= 11 is 0. The minimum atomic E-state index is 0.665. The highest BCUT2D eigenvalue weighted by Gasteiger charge is 2.55. The molecule has 1 heterocycles. The summed E-state index contributed by atoms with van der Waals surface area (Å²) in [6.07, 6.45) is 1.07. The molecule has 0 radical (unpaired) electrons. The van der Waals surface area contributed by atoms with Crippen LogP contribution in [0.3, 0.4) is 0 Å². The molecule has 0 aromatic carbocycles. The molecule has 0 bridgehead atoms. The molecule has 1 saturated carbocycles. The van der Waals surface area contributed by atoms with Crippen LogP contribution in [0.25, 0.3) is 0 Å². The topological polar surface area (TPSA) is 52.5 Å². The van der Waals surface area contributed by atoms with Crippen LogP contribution < -0.4 is 0 Å². The molecule has 3 rings (SSSR count). The largest absolute Gasteiger partial charge is 0.267 e. The molecule has 2 aliphatic rings. The maximum atomic E-state index is 8.74. The molecule has 3 heteroatoms. The van der Waals surface area contributed by atoms with Crippen molar-refractivity contribution in [2.75, 3.05) is 0 Å². The summed E-state index contributed by atoms with van der Waals surface area (Å²) in [6.45, 7) is 2.26. The van der Waals surface area contributed by atoms with Crippen molar-refractivity contribution >= 4 is 0 Å². The van der Waals surface area contributed by atoms with E-state index in [0.717, 1.165) is 18.3 Å². The number of fused-ring (bicyclic) bond motifs is 3. The van der Waals surface area contributed by atoms with Crippen LogP contribution in [0.15, 0.2) is 0 Å². The number of aromatic amines is 1. The second kappa shape index (κ2) is 1.71. The number of rotatable bonds is 0. The number of nitrogens with one attached hydrogen (secondary N) is 1. The predicted molar refractivity (Wildman–Crippen MR) is 42.4 cm³/mol. The Bertz CT molecular complexity index is 385. The Hall–Kier alpha value is -1.30. The van der Waals surface area contributed by atoms with Crippen LogP contribution in [0.1, 0.15) is 29.8 Å². The normalized spacial score (nSPS) is 35.5. The van der Waals surface area contributed by atoms with E-state index in [1.54, 1.807) is 0 Å². The van der Waals surface area contributed by atoms with Crippen LogP contribution >= 0.6 is 0 Å². The number of hydrogen-bond donors (Lipinski definition) is 1. The second-order valence-corrected chi connectivity index (χ2v) is 3.83. The van der Waals surface area contributed by atoms with Gasteiger partial charge in [-0.3, -0.25) is 5.10 Å². The van der Waals surface area contributed by atoms with Crippen molar-refractivity contribution in [1.82, 2.24) is 10.2 Å². The van der Waals surface area contributed by atoms with E-state index in [9.17, 15) is 0 Å². The molecule has 1 fully saturated rings. The molecule has 60 valence electrons. The van der Waals surface area contributed by atoms with Gasteiger partial charge in [0.25, 0.3) is 0 Å². The van der Waals surface area contributed by atoms with E-state index in [0.29, 0.717) is 11.6 Å². The van der Waals surface area contributed by atoms with E-state index in [1.807, 2.05) is 0 Å². The number of aromatic nitrogens is 2. The Morgan fingerprint density at radius 3 is 3.25 bits per heavy atom. The molecule has 0 spiro atoms. The van der Waals surface area contributed by atoms with Gasteiger partial charge in [0.1, 0.15) is 11.8 Å². The summed E-state index contributed by atoms with van der Waals surface area (Å²) in [5, 5.41) is 15.7. The lowest BCUT2D eigenvalue weighted by Gasteiger charge is -1.94. The molecular weight excluding hydrogens is 150 g/mol. The molecular formula is C9H9N3. The summed E-state index contributed by atoms with van der Waals surface area (Å²) in [7, 11) is 0. The van der Waals surface area contributed by atoms with Gasteiger partial charge in [-0.25, -0.2) is 0 Å². The van der Waals surface area contributed by atoms with Crippen LogP contribution in [0.5, 0.6) is 0 Å². The lowest BCUT2D eigenvalue weighted by molar-refractivity contribution is 0.751. The molecule has 0 unspecified atom stereocenters. The second-order valence-electron chi connectivity index (χ2n) is 3.83.